The van der Waals surface area contributed by atoms with E-state index in [4.69, 9.17) is 16.3 Å². The Morgan fingerprint density at radius 2 is 1.81 bits per heavy atom. The normalized spacial score (nSPS) is 15.9. The summed E-state index contributed by atoms with van der Waals surface area (Å²) >= 11 is 5.69. The third kappa shape index (κ3) is 4.81. The number of morpholine rings is 1. The van der Waals surface area contributed by atoms with Crippen molar-refractivity contribution in [2.45, 2.75) is 18.0 Å². The van der Waals surface area contributed by atoms with Gasteiger partial charge in [-0.15, -0.1) is 0 Å². The maximum absolute atomic E-state index is 13.9. The number of rotatable bonds is 6. The smallest absolute Gasteiger partial charge is 0.243 e. The zero-order valence-electron chi connectivity index (χ0n) is 14.2. The van der Waals surface area contributed by atoms with Crippen molar-refractivity contribution in [3.63, 3.8) is 0 Å². The van der Waals surface area contributed by atoms with Gasteiger partial charge in [0.05, 0.1) is 13.2 Å². The molecule has 0 spiro atoms. The zero-order valence-corrected chi connectivity index (χ0v) is 15.7. The minimum atomic E-state index is -3.97. The summed E-state index contributed by atoms with van der Waals surface area (Å²) in [6.45, 7) is 4.23. The van der Waals surface area contributed by atoms with E-state index in [-0.39, 0.29) is 11.6 Å². The average molecular weight is 400 g/mol. The van der Waals surface area contributed by atoms with Gasteiger partial charge >= 0.3 is 0 Å². The second kappa shape index (κ2) is 8.45. The van der Waals surface area contributed by atoms with E-state index in [0.717, 1.165) is 50.0 Å². The molecule has 0 saturated carbocycles. The molecular weight excluding hydrogens is 379 g/mol. The lowest BCUT2D eigenvalue weighted by molar-refractivity contribution is -0.921. The predicted octanol–water partition coefficient (Wildman–Crippen LogP) is 1.37. The minimum Gasteiger partial charge on any atom is -0.370 e. The van der Waals surface area contributed by atoms with Crippen molar-refractivity contribution >= 4 is 21.6 Å². The standard InChI is InChI=1S/C18H20ClFN2O3S/c19-16-5-6-18(17(20)11-16)26(23,24)21-12-14-3-1-2-4-15(14)13-22-7-9-25-10-8-22/h1-6,11,21H,7-10,12-13H2/p+1. The van der Waals surface area contributed by atoms with Crippen LogP contribution in [0, 0.1) is 5.82 Å². The Labute approximate surface area is 157 Å². The summed E-state index contributed by atoms with van der Waals surface area (Å²) in [5, 5.41) is 0.153. The fraction of sp³-hybridized carbons (Fsp3) is 0.333. The van der Waals surface area contributed by atoms with Gasteiger partial charge in [0.25, 0.3) is 0 Å². The summed E-state index contributed by atoms with van der Waals surface area (Å²) < 4.78 is 46.6. The van der Waals surface area contributed by atoms with Crippen molar-refractivity contribution in [3.05, 3.63) is 64.4 Å². The maximum atomic E-state index is 13.9. The molecule has 0 unspecified atom stereocenters. The first-order chi connectivity index (χ1) is 12.5. The van der Waals surface area contributed by atoms with Crippen LogP contribution in [0.3, 0.4) is 0 Å². The Kier molecular flexibility index (Phi) is 6.26. The van der Waals surface area contributed by atoms with E-state index < -0.39 is 20.7 Å². The van der Waals surface area contributed by atoms with Crippen LogP contribution >= 0.6 is 11.6 Å². The molecule has 1 aliphatic rings. The summed E-state index contributed by atoms with van der Waals surface area (Å²) in [6.07, 6.45) is 0. The number of quaternary nitrogens is 1. The van der Waals surface area contributed by atoms with E-state index in [2.05, 4.69) is 4.72 Å². The number of halogens is 2. The molecule has 0 atom stereocenters. The van der Waals surface area contributed by atoms with Crippen molar-refractivity contribution < 1.29 is 22.4 Å². The largest absolute Gasteiger partial charge is 0.370 e. The molecule has 3 rings (SSSR count). The average Bonchev–Trinajstić information content (AvgIpc) is 2.61. The van der Waals surface area contributed by atoms with Gasteiger partial charge in [-0.05, 0) is 23.8 Å². The summed E-state index contributed by atoms with van der Waals surface area (Å²) in [5.41, 5.74) is 1.95. The lowest BCUT2D eigenvalue weighted by Crippen LogP contribution is -3.12. The Morgan fingerprint density at radius 3 is 2.50 bits per heavy atom. The number of benzene rings is 2. The summed E-state index contributed by atoms with van der Waals surface area (Å²) in [4.78, 5) is 0.994. The first-order valence-electron chi connectivity index (χ1n) is 8.38. The first kappa shape index (κ1) is 19.3. The van der Waals surface area contributed by atoms with Crippen LogP contribution in [-0.2, 0) is 27.8 Å². The highest BCUT2D eigenvalue weighted by atomic mass is 35.5. The van der Waals surface area contributed by atoms with Crippen LogP contribution in [0.25, 0.3) is 0 Å². The van der Waals surface area contributed by atoms with Gasteiger partial charge in [-0.1, -0.05) is 35.9 Å². The van der Waals surface area contributed by atoms with E-state index in [0.29, 0.717) is 0 Å². The van der Waals surface area contributed by atoms with Gasteiger partial charge in [0.2, 0.25) is 10.0 Å². The summed E-state index contributed by atoms with van der Waals surface area (Å²) in [7, 11) is -3.97. The van der Waals surface area contributed by atoms with Crippen LogP contribution in [0.5, 0.6) is 0 Å². The monoisotopic (exact) mass is 399 g/mol. The van der Waals surface area contributed by atoms with Gasteiger partial charge in [-0.2, -0.15) is 0 Å². The van der Waals surface area contributed by atoms with Crippen molar-refractivity contribution in [1.29, 1.82) is 0 Å². The molecular formula is C18H21ClFN2O3S+. The third-order valence-corrected chi connectivity index (χ3v) is 6.06. The molecule has 2 aromatic carbocycles. The SMILES string of the molecule is O=S(=O)(NCc1ccccc1C[NH+]1CCOCC1)c1ccc(Cl)cc1F. The van der Waals surface area contributed by atoms with E-state index >= 15 is 0 Å². The topological polar surface area (TPSA) is 59.8 Å². The van der Waals surface area contributed by atoms with Gasteiger partial charge in [0.1, 0.15) is 30.3 Å². The van der Waals surface area contributed by atoms with Crippen molar-refractivity contribution in [2.75, 3.05) is 26.3 Å². The van der Waals surface area contributed by atoms with E-state index in [9.17, 15) is 12.8 Å². The Morgan fingerprint density at radius 1 is 1.12 bits per heavy atom. The van der Waals surface area contributed by atoms with Crippen LogP contribution in [0.4, 0.5) is 4.39 Å². The second-order valence-corrected chi connectivity index (χ2v) is 8.38. The van der Waals surface area contributed by atoms with Gasteiger partial charge in [0.15, 0.2) is 0 Å². The Hall–Kier alpha value is -1.51. The van der Waals surface area contributed by atoms with Crippen molar-refractivity contribution in [1.82, 2.24) is 4.72 Å². The van der Waals surface area contributed by atoms with E-state index in [1.807, 2.05) is 24.3 Å². The molecule has 2 N–H and O–H groups in total. The van der Waals surface area contributed by atoms with Gasteiger partial charge in [0, 0.05) is 17.1 Å². The molecule has 26 heavy (non-hydrogen) atoms. The highest BCUT2D eigenvalue weighted by molar-refractivity contribution is 7.89. The highest BCUT2D eigenvalue weighted by Crippen LogP contribution is 2.19. The lowest BCUT2D eigenvalue weighted by Gasteiger charge is -2.24. The van der Waals surface area contributed by atoms with E-state index in [1.54, 1.807) is 0 Å². The molecule has 140 valence electrons. The van der Waals surface area contributed by atoms with Crippen molar-refractivity contribution in [3.8, 4) is 0 Å². The van der Waals surface area contributed by atoms with Gasteiger partial charge in [-0.25, -0.2) is 17.5 Å². The number of nitrogens with one attached hydrogen (secondary N) is 2. The molecule has 1 heterocycles. The number of hydrogen-bond donors (Lipinski definition) is 2. The number of ether oxygens (including phenoxy) is 1. The molecule has 0 bridgehead atoms. The molecule has 0 aromatic heterocycles. The number of hydrogen-bond acceptors (Lipinski definition) is 3. The molecule has 1 fully saturated rings. The van der Waals surface area contributed by atoms with Crippen LogP contribution in [0.2, 0.25) is 5.02 Å². The molecule has 0 radical (unpaired) electrons. The second-order valence-electron chi connectivity index (χ2n) is 6.21. The quantitative estimate of drug-likeness (QED) is 0.771. The minimum absolute atomic E-state index is 0.102. The molecule has 1 aliphatic heterocycles. The summed E-state index contributed by atoms with van der Waals surface area (Å²) in [6, 6.07) is 11.2. The molecule has 5 nitrogen and oxygen atoms in total. The fourth-order valence-electron chi connectivity index (χ4n) is 2.95. The lowest BCUT2D eigenvalue weighted by atomic mass is 10.1. The molecule has 0 amide bonds. The molecule has 2 aromatic rings. The van der Waals surface area contributed by atoms with Gasteiger partial charge in [-0.3, -0.25) is 0 Å². The molecule has 0 aliphatic carbocycles. The predicted molar refractivity (Wildman–Crippen MR) is 97.1 cm³/mol. The van der Waals surface area contributed by atoms with Crippen LogP contribution < -0.4 is 9.62 Å². The van der Waals surface area contributed by atoms with Crippen LogP contribution in [0.1, 0.15) is 11.1 Å². The highest BCUT2D eigenvalue weighted by Gasteiger charge is 2.20. The fourth-order valence-corrected chi connectivity index (χ4v) is 4.17. The summed E-state index contributed by atoms with van der Waals surface area (Å²) in [5.74, 6) is -0.865. The molecule has 8 heteroatoms. The Balaban J connectivity index is 1.72. The number of sulfonamides is 1. The molecule has 1 saturated heterocycles. The van der Waals surface area contributed by atoms with E-state index in [1.165, 1.54) is 17.0 Å². The van der Waals surface area contributed by atoms with Crippen LogP contribution in [0.15, 0.2) is 47.4 Å². The third-order valence-electron chi connectivity index (χ3n) is 4.39. The maximum Gasteiger partial charge on any atom is 0.243 e. The van der Waals surface area contributed by atoms with Gasteiger partial charge < -0.3 is 9.64 Å². The zero-order chi connectivity index (χ0) is 18.6. The van der Waals surface area contributed by atoms with Crippen molar-refractivity contribution in [2.24, 2.45) is 0 Å². The Bertz CT molecular complexity index is 870. The first-order valence-corrected chi connectivity index (χ1v) is 10.2. The van der Waals surface area contributed by atoms with Crippen LogP contribution in [-0.4, -0.2) is 34.7 Å².